The zero-order chi connectivity index (χ0) is 14.5. The predicted octanol–water partition coefficient (Wildman–Crippen LogP) is 0.938. The van der Waals surface area contributed by atoms with E-state index in [-0.39, 0.29) is 12.1 Å². The molecule has 0 aromatic heterocycles. The molecule has 1 fully saturated rings. The Hall–Kier alpha value is -0.310. The van der Waals surface area contributed by atoms with E-state index in [0.29, 0.717) is 13.1 Å². The summed E-state index contributed by atoms with van der Waals surface area (Å²) in [5.74, 6) is 0. The second-order valence-corrected chi connectivity index (χ2v) is 6.78. The van der Waals surface area contributed by atoms with Gasteiger partial charge in [-0.2, -0.15) is 17.4 Å². The number of hydrogen-bond donors (Lipinski definition) is 2. The lowest BCUT2D eigenvalue weighted by Gasteiger charge is -2.35. The molecule has 0 aromatic rings. The Kier molecular flexibility index (Phi) is 6.58. The van der Waals surface area contributed by atoms with Crippen molar-refractivity contribution in [3.63, 3.8) is 0 Å². The van der Waals surface area contributed by atoms with E-state index >= 15 is 0 Å². The first-order valence-electron chi connectivity index (χ1n) is 6.61. The van der Waals surface area contributed by atoms with Gasteiger partial charge >= 0.3 is 0 Å². The second-order valence-electron chi connectivity index (χ2n) is 5.07. The van der Waals surface area contributed by atoms with E-state index in [1.165, 1.54) is 4.31 Å². The zero-order valence-electron chi connectivity index (χ0n) is 11.4. The smallest absolute Gasteiger partial charge is 0.279 e. The molecule has 0 amide bonds. The maximum Gasteiger partial charge on any atom is 0.279 e. The normalized spacial score (nSPS) is 22.3. The summed E-state index contributed by atoms with van der Waals surface area (Å²) >= 11 is 0. The van der Waals surface area contributed by atoms with Crippen LogP contribution in [0.5, 0.6) is 0 Å². The van der Waals surface area contributed by atoms with Gasteiger partial charge in [0.05, 0.1) is 6.54 Å². The molecule has 0 radical (unpaired) electrons. The van der Waals surface area contributed by atoms with E-state index in [1.807, 2.05) is 18.6 Å². The van der Waals surface area contributed by atoms with Crippen molar-refractivity contribution in [2.24, 2.45) is 0 Å². The summed E-state index contributed by atoms with van der Waals surface area (Å²) in [6.45, 7) is 4.08. The maximum absolute atomic E-state index is 12.1. The molecule has 19 heavy (non-hydrogen) atoms. The van der Waals surface area contributed by atoms with Gasteiger partial charge in [-0.15, -0.1) is 0 Å². The highest BCUT2D eigenvalue weighted by Gasteiger charge is 2.32. The summed E-state index contributed by atoms with van der Waals surface area (Å²) in [7, 11) is -3.81. The molecule has 0 aromatic carbocycles. The van der Waals surface area contributed by atoms with Gasteiger partial charge in [-0.25, -0.2) is 8.78 Å². The van der Waals surface area contributed by atoms with E-state index in [0.717, 1.165) is 19.3 Å². The molecule has 1 rings (SSSR count). The molecule has 0 spiro atoms. The van der Waals surface area contributed by atoms with Crippen LogP contribution < -0.4 is 10.0 Å². The van der Waals surface area contributed by atoms with E-state index in [1.54, 1.807) is 0 Å². The van der Waals surface area contributed by atoms with E-state index in [2.05, 4.69) is 5.32 Å². The van der Waals surface area contributed by atoms with Crippen LogP contribution in [-0.2, 0) is 10.2 Å². The monoisotopic (exact) mass is 299 g/mol. The minimum atomic E-state index is -3.81. The average molecular weight is 299 g/mol. The Bertz CT molecular complexity index is 363. The van der Waals surface area contributed by atoms with Crippen LogP contribution in [0.4, 0.5) is 8.78 Å². The van der Waals surface area contributed by atoms with Gasteiger partial charge in [0.1, 0.15) is 0 Å². The number of piperidine rings is 1. The number of hydrogen-bond acceptors (Lipinski definition) is 3. The molecular formula is C11H23F2N3O2S. The third-order valence-corrected chi connectivity index (χ3v) is 4.69. The first kappa shape index (κ1) is 16.7. The van der Waals surface area contributed by atoms with Crippen LogP contribution >= 0.6 is 0 Å². The molecular weight excluding hydrogens is 276 g/mol. The van der Waals surface area contributed by atoms with Crippen molar-refractivity contribution >= 4 is 10.2 Å². The van der Waals surface area contributed by atoms with Crippen LogP contribution in [0, 0.1) is 0 Å². The highest BCUT2D eigenvalue weighted by molar-refractivity contribution is 7.87. The summed E-state index contributed by atoms with van der Waals surface area (Å²) in [6, 6.07) is 0.104. The topological polar surface area (TPSA) is 61.4 Å². The van der Waals surface area contributed by atoms with Crippen LogP contribution in [0.15, 0.2) is 0 Å². The van der Waals surface area contributed by atoms with Crippen molar-refractivity contribution in [3.05, 3.63) is 0 Å². The van der Waals surface area contributed by atoms with Gasteiger partial charge in [0, 0.05) is 25.2 Å². The van der Waals surface area contributed by atoms with Crippen molar-refractivity contribution in [1.29, 1.82) is 0 Å². The Morgan fingerprint density at radius 3 is 2.58 bits per heavy atom. The van der Waals surface area contributed by atoms with Crippen molar-refractivity contribution in [2.45, 2.75) is 51.6 Å². The molecule has 114 valence electrons. The minimum absolute atomic E-state index is 0.161. The first-order valence-corrected chi connectivity index (χ1v) is 8.05. The predicted molar refractivity (Wildman–Crippen MR) is 70.4 cm³/mol. The van der Waals surface area contributed by atoms with Crippen molar-refractivity contribution < 1.29 is 17.2 Å². The van der Waals surface area contributed by atoms with Crippen molar-refractivity contribution in [2.75, 3.05) is 19.6 Å². The zero-order valence-corrected chi connectivity index (χ0v) is 12.2. The van der Waals surface area contributed by atoms with Gasteiger partial charge in [0.15, 0.2) is 0 Å². The van der Waals surface area contributed by atoms with Gasteiger partial charge in [0.25, 0.3) is 16.6 Å². The number of nitrogens with zero attached hydrogens (tertiary/aromatic N) is 1. The Morgan fingerprint density at radius 1 is 1.32 bits per heavy atom. The van der Waals surface area contributed by atoms with Crippen LogP contribution in [0.2, 0.25) is 0 Å². The summed E-state index contributed by atoms with van der Waals surface area (Å²) < 4.78 is 51.5. The van der Waals surface area contributed by atoms with E-state index < -0.39 is 23.2 Å². The standard InChI is InChI=1S/C11H23F2N3O2S/c1-9(2)14-7-10-5-3-4-6-16(10)19(17,18)15-8-11(12)13/h9-11,14-15H,3-8H2,1-2H3. The lowest BCUT2D eigenvalue weighted by molar-refractivity contribution is 0.151. The Balaban J connectivity index is 2.64. The second kappa shape index (κ2) is 7.47. The first-order chi connectivity index (χ1) is 8.83. The number of nitrogens with one attached hydrogen (secondary N) is 2. The molecule has 1 aliphatic rings. The molecule has 1 unspecified atom stereocenters. The van der Waals surface area contributed by atoms with Gasteiger partial charge in [-0.05, 0) is 12.8 Å². The van der Waals surface area contributed by atoms with Gasteiger partial charge < -0.3 is 5.32 Å². The fraction of sp³-hybridized carbons (Fsp3) is 1.00. The summed E-state index contributed by atoms with van der Waals surface area (Å²) in [5, 5.41) is 3.20. The number of halogens is 2. The minimum Gasteiger partial charge on any atom is -0.313 e. The third-order valence-electron chi connectivity index (χ3n) is 3.06. The van der Waals surface area contributed by atoms with E-state index in [4.69, 9.17) is 0 Å². The van der Waals surface area contributed by atoms with Crippen LogP contribution in [0.1, 0.15) is 33.1 Å². The lowest BCUT2D eigenvalue weighted by atomic mass is 10.0. The molecule has 8 heteroatoms. The largest absolute Gasteiger partial charge is 0.313 e. The average Bonchev–Trinajstić information content (AvgIpc) is 2.34. The van der Waals surface area contributed by atoms with Crippen LogP contribution in [0.25, 0.3) is 0 Å². The molecule has 1 saturated heterocycles. The number of rotatable bonds is 7. The molecule has 0 aliphatic carbocycles. The van der Waals surface area contributed by atoms with Gasteiger partial charge in [0.2, 0.25) is 0 Å². The van der Waals surface area contributed by atoms with Crippen molar-refractivity contribution in [1.82, 2.24) is 14.3 Å². The molecule has 5 nitrogen and oxygen atoms in total. The molecule has 1 atom stereocenters. The van der Waals surface area contributed by atoms with E-state index in [9.17, 15) is 17.2 Å². The highest BCUT2D eigenvalue weighted by Crippen LogP contribution is 2.19. The van der Waals surface area contributed by atoms with Crippen molar-refractivity contribution in [3.8, 4) is 0 Å². The molecule has 1 aliphatic heterocycles. The van der Waals surface area contributed by atoms with Crippen LogP contribution in [0.3, 0.4) is 0 Å². The van der Waals surface area contributed by atoms with Gasteiger partial charge in [-0.1, -0.05) is 20.3 Å². The molecule has 1 heterocycles. The Labute approximate surface area is 113 Å². The number of alkyl halides is 2. The summed E-state index contributed by atoms with van der Waals surface area (Å²) in [6.07, 6.45) is -0.180. The summed E-state index contributed by atoms with van der Waals surface area (Å²) in [5.41, 5.74) is 0. The van der Waals surface area contributed by atoms with Crippen LogP contribution in [-0.4, -0.2) is 50.9 Å². The molecule has 2 N–H and O–H groups in total. The molecule has 0 saturated carbocycles. The fourth-order valence-electron chi connectivity index (χ4n) is 2.12. The maximum atomic E-state index is 12.1. The Morgan fingerprint density at radius 2 is 2.00 bits per heavy atom. The fourth-order valence-corrected chi connectivity index (χ4v) is 3.56. The SMILES string of the molecule is CC(C)NCC1CCCCN1S(=O)(=O)NCC(F)F. The summed E-state index contributed by atoms with van der Waals surface area (Å²) in [4.78, 5) is 0. The highest BCUT2D eigenvalue weighted by atomic mass is 32.2. The van der Waals surface area contributed by atoms with Gasteiger partial charge in [-0.3, -0.25) is 0 Å². The molecule has 0 bridgehead atoms. The quantitative estimate of drug-likeness (QED) is 0.735. The lowest BCUT2D eigenvalue weighted by Crippen LogP contribution is -2.53. The third kappa shape index (κ3) is 5.68.